The Morgan fingerprint density at radius 2 is 1.83 bits per heavy atom. The van der Waals surface area contributed by atoms with E-state index in [1.54, 1.807) is 0 Å². The van der Waals surface area contributed by atoms with Crippen molar-refractivity contribution in [1.29, 1.82) is 0 Å². The molecule has 3 nitrogen and oxygen atoms in total. The van der Waals surface area contributed by atoms with Crippen LogP contribution in [0.4, 0.5) is 0 Å². The Labute approximate surface area is 112 Å². The standard InChI is InChI=1S/C15H29N3/c1-17-8-4-13(5-9-17)12-16-14-6-10-18-7-2-3-15(18)11-14/h13-16H,2-12H2,1H3. The van der Waals surface area contributed by atoms with E-state index in [4.69, 9.17) is 0 Å². The Kier molecular flexibility index (Phi) is 4.22. The van der Waals surface area contributed by atoms with Gasteiger partial charge in [-0.25, -0.2) is 0 Å². The Morgan fingerprint density at radius 1 is 1.00 bits per heavy atom. The molecule has 0 aliphatic carbocycles. The van der Waals surface area contributed by atoms with Crippen molar-refractivity contribution in [3.63, 3.8) is 0 Å². The number of fused-ring (bicyclic) bond motifs is 1. The van der Waals surface area contributed by atoms with Crippen LogP contribution in [0.2, 0.25) is 0 Å². The van der Waals surface area contributed by atoms with Crippen molar-refractivity contribution in [2.45, 2.75) is 50.6 Å². The molecule has 0 aromatic rings. The Bertz CT molecular complexity index is 260. The van der Waals surface area contributed by atoms with Crippen LogP contribution < -0.4 is 5.32 Å². The molecule has 3 heteroatoms. The molecule has 0 saturated carbocycles. The maximum absolute atomic E-state index is 3.87. The molecule has 3 aliphatic heterocycles. The fourth-order valence-corrected chi connectivity index (χ4v) is 4.01. The van der Waals surface area contributed by atoms with Gasteiger partial charge in [-0.05, 0) is 84.2 Å². The average Bonchev–Trinajstić information content (AvgIpc) is 2.85. The summed E-state index contributed by atoms with van der Waals surface area (Å²) < 4.78 is 0. The molecule has 3 saturated heterocycles. The largest absolute Gasteiger partial charge is 0.314 e. The van der Waals surface area contributed by atoms with E-state index in [0.29, 0.717) is 0 Å². The maximum atomic E-state index is 3.87. The zero-order chi connectivity index (χ0) is 12.4. The number of piperidine rings is 2. The first-order valence-corrected chi connectivity index (χ1v) is 7.97. The molecule has 0 bridgehead atoms. The highest BCUT2D eigenvalue weighted by Crippen LogP contribution is 2.27. The summed E-state index contributed by atoms with van der Waals surface area (Å²) in [6.07, 6.45) is 8.46. The number of nitrogens with one attached hydrogen (secondary N) is 1. The van der Waals surface area contributed by atoms with Crippen LogP contribution >= 0.6 is 0 Å². The average molecular weight is 251 g/mol. The lowest BCUT2D eigenvalue weighted by molar-refractivity contribution is 0.157. The van der Waals surface area contributed by atoms with E-state index in [9.17, 15) is 0 Å². The zero-order valence-electron chi connectivity index (χ0n) is 11.9. The molecule has 2 unspecified atom stereocenters. The zero-order valence-corrected chi connectivity index (χ0v) is 11.9. The molecule has 3 fully saturated rings. The molecule has 1 N–H and O–H groups in total. The van der Waals surface area contributed by atoms with Crippen molar-refractivity contribution >= 4 is 0 Å². The maximum Gasteiger partial charge on any atom is 0.0111 e. The quantitative estimate of drug-likeness (QED) is 0.821. The van der Waals surface area contributed by atoms with Gasteiger partial charge in [0.25, 0.3) is 0 Å². The van der Waals surface area contributed by atoms with Crippen LogP contribution in [0.5, 0.6) is 0 Å². The first-order chi connectivity index (χ1) is 8.81. The summed E-state index contributed by atoms with van der Waals surface area (Å²) in [6, 6.07) is 1.72. The van der Waals surface area contributed by atoms with Crippen LogP contribution in [0.25, 0.3) is 0 Å². The van der Waals surface area contributed by atoms with Gasteiger partial charge >= 0.3 is 0 Å². The first-order valence-electron chi connectivity index (χ1n) is 7.97. The van der Waals surface area contributed by atoms with Crippen LogP contribution in [0.15, 0.2) is 0 Å². The number of hydrogen-bond acceptors (Lipinski definition) is 3. The molecule has 18 heavy (non-hydrogen) atoms. The van der Waals surface area contributed by atoms with Gasteiger partial charge in [-0.2, -0.15) is 0 Å². The number of nitrogens with zero attached hydrogens (tertiary/aromatic N) is 2. The van der Waals surface area contributed by atoms with Gasteiger partial charge in [0.05, 0.1) is 0 Å². The summed E-state index contributed by atoms with van der Waals surface area (Å²) in [5.41, 5.74) is 0. The van der Waals surface area contributed by atoms with Crippen LogP contribution in [-0.4, -0.2) is 61.7 Å². The number of likely N-dealkylation sites (tertiary alicyclic amines) is 1. The monoisotopic (exact) mass is 251 g/mol. The molecule has 3 heterocycles. The minimum absolute atomic E-state index is 0.809. The smallest absolute Gasteiger partial charge is 0.0111 e. The molecular formula is C15H29N3. The van der Waals surface area contributed by atoms with Gasteiger partial charge in [0, 0.05) is 12.1 Å². The number of rotatable bonds is 3. The molecule has 0 aromatic heterocycles. The molecular weight excluding hydrogens is 222 g/mol. The van der Waals surface area contributed by atoms with Gasteiger partial charge in [-0.3, -0.25) is 0 Å². The highest BCUT2D eigenvalue weighted by molar-refractivity contribution is 4.89. The summed E-state index contributed by atoms with van der Waals surface area (Å²) in [5.74, 6) is 0.933. The minimum atomic E-state index is 0.809. The third-order valence-electron chi connectivity index (χ3n) is 5.35. The summed E-state index contributed by atoms with van der Waals surface area (Å²) in [7, 11) is 2.25. The van der Waals surface area contributed by atoms with Gasteiger partial charge in [0.1, 0.15) is 0 Å². The SMILES string of the molecule is CN1CCC(CNC2CCN3CCCC3C2)CC1. The summed E-state index contributed by atoms with van der Waals surface area (Å²) in [4.78, 5) is 5.18. The van der Waals surface area contributed by atoms with E-state index in [0.717, 1.165) is 18.0 Å². The van der Waals surface area contributed by atoms with Gasteiger partial charge in [-0.1, -0.05) is 0 Å². The molecule has 2 atom stereocenters. The van der Waals surface area contributed by atoms with Crippen molar-refractivity contribution < 1.29 is 0 Å². The summed E-state index contributed by atoms with van der Waals surface area (Å²) >= 11 is 0. The van der Waals surface area contributed by atoms with Crippen molar-refractivity contribution in [3.05, 3.63) is 0 Å². The predicted octanol–water partition coefficient (Wildman–Crippen LogP) is 1.54. The van der Waals surface area contributed by atoms with Crippen molar-refractivity contribution in [2.24, 2.45) is 5.92 Å². The highest BCUT2D eigenvalue weighted by atomic mass is 15.2. The lowest BCUT2D eigenvalue weighted by Gasteiger charge is -2.36. The first kappa shape index (κ1) is 12.9. The number of hydrogen-bond donors (Lipinski definition) is 1. The van der Waals surface area contributed by atoms with Gasteiger partial charge in [0.2, 0.25) is 0 Å². The van der Waals surface area contributed by atoms with E-state index in [1.165, 1.54) is 71.2 Å². The van der Waals surface area contributed by atoms with E-state index < -0.39 is 0 Å². The van der Waals surface area contributed by atoms with Gasteiger partial charge in [0.15, 0.2) is 0 Å². The molecule has 3 aliphatic rings. The molecule has 0 aromatic carbocycles. The topological polar surface area (TPSA) is 18.5 Å². The van der Waals surface area contributed by atoms with E-state index in [-0.39, 0.29) is 0 Å². The van der Waals surface area contributed by atoms with Crippen LogP contribution in [0.1, 0.15) is 38.5 Å². The van der Waals surface area contributed by atoms with Crippen molar-refractivity contribution in [2.75, 3.05) is 39.8 Å². The third-order valence-corrected chi connectivity index (χ3v) is 5.35. The lowest BCUT2D eigenvalue weighted by atomic mass is 9.94. The fraction of sp³-hybridized carbons (Fsp3) is 1.00. The second kappa shape index (κ2) is 5.89. The summed E-state index contributed by atoms with van der Waals surface area (Å²) in [5, 5.41) is 3.87. The Hall–Kier alpha value is -0.120. The fourth-order valence-electron chi connectivity index (χ4n) is 4.01. The Balaban J connectivity index is 1.38. The van der Waals surface area contributed by atoms with Crippen LogP contribution in [0.3, 0.4) is 0 Å². The normalized spacial score (nSPS) is 35.8. The predicted molar refractivity (Wildman–Crippen MR) is 75.8 cm³/mol. The Morgan fingerprint density at radius 3 is 2.67 bits per heavy atom. The molecule has 0 radical (unpaired) electrons. The lowest BCUT2D eigenvalue weighted by Crippen LogP contribution is -2.47. The van der Waals surface area contributed by atoms with Gasteiger partial charge < -0.3 is 15.1 Å². The highest BCUT2D eigenvalue weighted by Gasteiger charge is 2.31. The van der Waals surface area contributed by atoms with Crippen molar-refractivity contribution in [1.82, 2.24) is 15.1 Å². The van der Waals surface area contributed by atoms with E-state index in [2.05, 4.69) is 22.2 Å². The van der Waals surface area contributed by atoms with E-state index in [1.807, 2.05) is 0 Å². The van der Waals surface area contributed by atoms with Crippen molar-refractivity contribution in [3.8, 4) is 0 Å². The third kappa shape index (κ3) is 3.06. The molecule has 3 rings (SSSR count). The van der Waals surface area contributed by atoms with Crippen LogP contribution in [-0.2, 0) is 0 Å². The molecule has 104 valence electrons. The minimum Gasteiger partial charge on any atom is -0.314 e. The second-order valence-corrected chi connectivity index (χ2v) is 6.71. The molecule has 0 amide bonds. The van der Waals surface area contributed by atoms with Gasteiger partial charge in [-0.15, -0.1) is 0 Å². The molecule has 0 spiro atoms. The van der Waals surface area contributed by atoms with E-state index >= 15 is 0 Å². The second-order valence-electron chi connectivity index (χ2n) is 6.71. The van der Waals surface area contributed by atoms with Crippen LogP contribution in [0, 0.1) is 5.92 Å². The summed E-state index contributed by atoms with van der Waals surface area (Å²) in [6.45, 7) is 6.58.